The number of fused-ring (bicyclic) bond motifs is 1. The minimum atomic E-state index is -3.78. The number of nitrogens with zero attached hydrogens (tertiary/aromatic N) is 3. The van der Waals surface area contributed by atoms with Crippen molar-refractivity contribution in [3.63, 3.8) is 0 Å². The number of hydrogen-bond donors (Lipinski definition) is 0. The average molecular weight is 542 g/mol. The van der Waals surface area contributed by atoms with Crippen molar-refractivity contribution in [2.24, 2.45) is 0 Å². The molecule has 1 atom stereocenters. The van der Waals surface area contributed by atoms with Crippen LogP contribution in [0.15, 0.2) is 53.6 Å². The summed E-state index contributed by atoms with van der Waals surface area (Å²) in [5.74, 6) is -0.818. The zero-order valence-electron chi connectivity index (χ0n) is 22.2. The Bertz CT molecular complexity index is 1450. The van der Waals surface area contributed by atoms with Crippen LogP contribution < -0.4 is 5.56 Å². The number of carbonyl (C=O) groups is 1. The highest BCUT2D eigenvalue weighted by atomic mass is 32.2. The second kappa shape index (κ2) is 11.8. The molecule has 0 saturated carbocycles. The molecule has 204 valence electrons. The van der Waals surface area contributed by atoms with Gasteiger partial charge in [-0.3, -0.25) is 19.1 Å². The first kappa shape index (κ1) is 27.9. The average Bonchev–Trinajstić information content (AvgIpc) is 2.91. The lowest BCUT2D eigenvalue weighted by atomic mass is 10.0. The summed E-state index contributed by atoms with van der Waals surface area (Å²) in [6.07, 6.45) is 3.28. The van der Waals surface area contributed by atoms with Crippen molar-refractivity contribution < 1.29 is 22.7 Å². The molecule has 1 aromatic heterocycles. The highest BCUT2D eigenvalue weighted by Crippen LogP contribution is 2.25. The highest BCUT2D eigenvalue weighted by molar-refractivity contribution is 7.92. The SMILES string of the molecule is CCOC(=O)[C@@](C)(CCn1cnc2cc(-c3ccc(CCN4CCOCC4)cc3)ccc2c1=O)S(C)(=O)=O. The third kappa shape index (κ3) is 6.14. The van der Waals surface area contributed by atoms with Crippen LogP contribution in [0.2, 0.25) is 0 Å². The van der Waals surface area contributed by atoms with Crippen molar-refractivity contribution >= 4 is 26.7 Å². The second-order valence-electron chi connectivity index (χ2n) is 9.85. The van der Waals surface area contributed by atoms with Gasteiger partial charge in [-0.2, -0.15) is 0 Å². The molecule has 0 N–H and O–H groups in total. The van der Waals surface area contributed by atoms with E-state index in [2.05, 4.69) is 34.1 Å². The molecular weight excluding hydrogens is 506 g/mol. The Balaban J connectivity index is 1.48. The molecule has 1 fully saturated rings. The van der Waals surface area contributed by atoms with E-state index in [9.17, 15) is 18.0 Å². The van der Waals surface area contributed by atoms with Crippen LogP contribution >= 0.6 is 0 Å². The van der Waals surface area contributed by atoms with Gasteiger partial charge in [0.05, 0.1) is 37.1 Å². The van der Waals surface area contributed by atoms with Crippen LogP contribution in [-0.4, -0.2) is 79.3 Å². The second-order valence-corrected chi connectivity index (χ2v) is 12.3. The van der Waals surface area contributed by atoms with E-state index in [0.717, 1.165) is 56.7 Å². The molecule has 1 saturated heterocycles. The van der Waals surface area contributed by atoms with E-state index in [1.807, 2.05) is 12.1 Å². The number of aromatic nitrogens is 2. The maximum Gasteiger partial charge on any atom is 0.327 e. The summed E-state index contributed by atoms with van der Waals surface area (Å²) in [7, 11) is -3.78. The van der Waals surface area contributed by atoms with Gasteiger partial charge in [0.15, 0.2) is 14.6 Å². The summed E-state index contributed by atoms with van der Waals surface area (Å²) in [5, 5.41) is 0.426. The molecule has 9 nitrogen and oxygen atoms in total. The van der Waals surface area contributed by atoms with E-state index in [4.69, 9.17) is 9.47 Å². The number of esters is 1. The summed E-state index contributed by atoms with van der Waals surface area (Å²) < 4.78 is 34.8. The predicted molar refractivity (Wildman–Crippen MR) is 147 cm³/mol. The number of aryl methyl sites for hydroxylation is 1. The van der Waals surface area contributed by atoms with Gasteiger partial charge in [0.1, 0.15) is 0 Å². The predicted octanol–water partition coefficient (Wildman–Crippen LogP) is 2.69. The Labute approximate surface area is 223 Å². The van der Waals surface area contributed by atoms with Crippen LogP contribution in [0.3, 0.4) is 0 Å². The number of ether oxygens (including phenoxy) is 2. The normalized spacial score (nSPS) is 16.3. The number of carbonyl (C=O) groups excluding carboxylic acids is 1. The first-order valence-corrected chi connectivity index (χ1v) is 14.8. The first-order chi connectivity index (χ1) is 18.1. The number of morpholine rings is 1. The summed E-state index contributed by atoms with van der Waals surface area (Å²) in [6, 6.07) is 13.9. The van der Waals surface area contributed by atoms with E-state index in [1.54, 1.807) is 13.0 Å². The Morgan fingerprint density at radius 2 is 1.76 bits per heavy atom. The minimum Gasteiger partial charge on any atom is -0.465 e. The van der Waals surface area contributed by atoms with Crippen LogP contribution in [0.4, 0.5) is 0 Å². The Hall–Kier alpha value is -3.08. The summed E-state index contributed by atoms with van der Waals surface area (Å²) in [6.45, 7) is 7.60. The number of rotatable bonds is 10. The summed E-state index contributed by atoms with van der Waals surface area (Å²) in [5.41, 5.74) is 3.52. The lowest BCUT2D eigenvalue weighted by molar-refractivity contribution is -0.146. The molecule has 0 amide bonds. The fourth-order valence-electron chi connectivity index (χ4n) is 4.53. The molecule has 3 aromatic rings. The highest BCUT2D eigenvalue weighted by Gasteiger charge is 2.44. The van der Waals surface area contributed by atoms with E-state index in [1.165, 1.54) is 23.4 Å². The maximum absolute atomic E-state index is 13.1. The molecule has 38 heavy (non-hydrogen) atoms. The van der Waals surface area contributed by atoms with E-state index < -0.39 is 20.6 Å². The Morgan fingerprint density at radius 1 is 1.08 bits per heavy atom. The minimum absolute atomic E-state index is 0.0117. The molecule has 0 spiro atoms. The molecule has 1 aliphatic heterocycles. The van der Waals surface area contributed by atoms with Gasteiger partial charge in [-0.05, 0) is 55.5 Å². The molecular formula is C28H35N3O6S. The van der Waals surface area contributed by atoms with Gasteiger partial charge in [-0.25, -0.2) is 13.4 Å². The van der Waals surface area contributed by atoms with Crippen molar-refractivity contribution in [1.82, 2.24) is 14.5 Å². The molecule has 1 aliphatic rings. The molecule has 0 bridgehead atoms. The van der Waals surface area contributed by atoms with Crippen LogP contribution in [0.5, 0.6) is 0 Å². The molecule has 0 unspecified atom stereocenters. The van der Waals surface area contributed by atoms with Crippen molar-refractivity contribution in [2.45, 2.75) is 38.0 Å². The van der Waals surface area contributed by atoms with Crippen molar-refractivity contribution in [3.05, 3.63) is 64.7 Å². The zero-order valence-corrected chi connectivity index (χ0v) is 23.0. The third-order valence-corrected chi connectivity index (χ3v) is 9.30. The largest absolute Gasteiger partial charge is 0.465 e. The van der Waals surface area contributed by atoms with E-state index in [0.29, 0.717) is 10.9 Å². The maximum atomic E-state index is 13.1. The smallest absolute Gasteiger partial charge is 0.327 e. The molecule has 2 heterocycles. The Morgan fingerprint density at radius 3 is 2.42 bits per heavy atom. The molecule has 0 aliphatic carbocycles. The van der Waals surface area contributed by atoms with Gasteiger partial charge in [0.25, 0.3) is 5.56 Å². The molecule has 0 radical (unpaired) electrons. The van der Waals surface area contributed by atoms with Gasteiger partial charge < -0.3 is 9.47 Å². The van der Waals surface area contributed by atoms with E-state index in [-0.39, 0.29) is 25.1 Å². The van der Waals surface area contributed by atoms with Crippen LogP contribution in [0.1, 0.15) is 25.8 Å². The summed E-state index contributed by atoms with van der Waals surface area (Å²) in [4.78, 5) is 32.4. The van der Waals surface area contributed by atoms with Crippen molar-refractivity contribution in [3.8, 4) is 11.1 Å². The van der Waals surface area contributed by atoms with Gasteiger partial charge in [-0.15, -0.1) is 0 Å². The zero-order chi connectivity index (χ0) is 27.3. The number of sulfone groups is 1. The van der Waals surface area contributed by atoms with Gasteiger partial charge in [-0.1, -0.05) is 30.3 Å². The molecule has 2 aromatic carbocycles. The Kier molecular flexibility index (Phi) is 8.64. The number of hydrogen-bond acceptors (Lipinski definition) is 8. The standard InChI is InChI=1S/C28H35N3O6S/c1-4-37-27(33)28(2,38(3,34)35)12-14-31-20-29-25-19-23(9-10-24(25)26(31)32)22-7-5-21(6-8-22)11-13-30-15-17-36-18-16-30/h5-10,19-20H,4,11-18H2,1-3H3/t28-/m1/s1. The monoisotopic (exact) mass is 541 g/mol. The topological polar surface area (TPSA) is 108 Å². The number of benzene rings is 2. The van der Waals surface area contributed by atoms with Crippen LogP contribution in [0.25, 0.3) is 22.0 Å². The van der Waals surface area contributed by atoms with Gasteiger partial charge in [0.2, 0.25) is 0 Å². The van der Waals surface area contributed by atoms with Gasteiger partial charge in [0, 0.05) is 32.4 Å². The third-order valence-electron chi connectivity index (χ3n) is 7.29. The summed E-state index contributed by atoms with van der Waals surface area (Å²) >= 11 is 0. The first-order valence-electron chi connectivity index (χ1n) is 12.9. The lowest BCUT2D eigenvalue weighted by Crippen LogP contribution is -2.45. The van der Waals surface area contributed by atoms with Crippen LogP contribution in [0, 0.1) is 0 Å². The molecule has 10 heteroatoms. The fraction of sp³-hybridized carbons (Fsp3) is 0.464. The van der Waals surface area contributed by atoms with Crippen molar-refractivity contribution in [1.29, 1.82) is 0 Å². The quantitative estimate of drug-likeness (QED) is 0.361. The van der Waals surface area contributed by atoms with Crippen molar-refractivity contribution in [2.75, 3.05) is 45.7 Å². The van der Waals surface area contributed by atoms with Crippen LogP contribution in [-0.2, 0) is 37.1 Å². The lowest BCUT2D eigenvalue weighted by Gasteiger charge is -2.26. The fourth-order valence-corrected chi connectivity index (χ4v) is 5.35. The van der Waals surface area contributed by atoms with Gasteiger partial charge >= 0.3 is 5.97 Å². The molecule has 4 rings (SSSR count). The van der Waals surface area contributed by atoms with E-state index >= 15 is 0 Å².